The first kappa shape index (κ1) is 14.0. The van der Waals surface area contributed by atoms with Crippen LogP contribution in [-0.4, -0.2) is 24.2 Å². The molecule has 0 atom stereocenters. The molecule has 1 heterocycles. The SMILES string of the molecule is CC(C)c1ccccc1C1(C(=O)O)CNC1.Cl. The number of rotatable bonds is 3. The first-order valence-electron chi connectivity index (χ1n) is 5.61. The molecule has 0 bridgehead atoms. The maximum absolute atomic E-state index is 11.4. The average Bonchev–Trinajstić information content (AvgIpc) is 2.15. The van der Waals surface area contributed by atoms with E-state index < -0.39 is 11.4 Å². The maximum Gasteiger partial charge on any atom is 0.316 e. The van der Waals surface area contributed by atoms with Crippen molar-refractivity contribution in [3.63, 3.8) is 0 Å². The van der Waals surface area contributed by atoms with Crippen molar-refractivity contribution in [1.29, 1.82) is 0 Å². The fourth-order valence-corrected chi connectivity index (χ4v) is 2.27. The molecule has 0 aromatic heterocycles. The van der Waals surface area contributed by atoms with Crippen molar-refractivity contribution < 1.29 is 9.90 Å². The summed E-state index contributed by atoms with van der Waals surface area (Å²) >= 11 is 0. The molecular weight excluding hydrogens is 238 g/mol. The van der Waals surface area contributed by atoms with Gasteiger partial charge in [0.25, 0.3) is 0 Å². The van der Waals surface area contributed by atoms with E-state index in [0.29, 0.717) is 19.0 Å². The Labute approximate surface area is 108 Å². The lowest BCUT2D eigenvalue weighted by Gasteiger charge is -2.40. The molecule has 2 rings (SSSR count). The Balaban J connectivity index is 0.00000144. The fraction of sp³-hybridized carbons (Fsp3) is 0.462. The highest BCUT2D eigenvalue weighted by molar-refractivity contribution is 5.85. The highest BCUT2D eigenvalue weighted by Gasteiger charge is 2.47. The molecule has 2 N–H and O–H groups in total. The summed E-state index contributed by atoms with van der Waals surface area (Å²) in [5, 5.41) is 12.5. The van der Waals surface area contributed by atoms with E-state index in [0.717, 1.165) is 11.1 Å². The van der Waals surface area contributed by atoms with Crippen LogP contribution in [0.1, 0.15) is 30.9 Å². The van der Waals surface area contributed by atoms with E-state index in [1.54, 1.807) is 0 Å². The van der Waals surface area contributed by atoms with Crippen molar-refractivity contribution >= 4 is 18.4 Å². The fourth-order valence-electron chi connectivity index (χ4n) is 2.27. The Hall–Kier alpha value is -1.06. The highest BCUT2D eigenvalue weighted by atomic mass is 35.5. The third-order valence-corrected chi connectivity index (χ3v) is 3.36. The first-order valence-corrected chi connectivity index (χ1v) is 5.61. The van der Waals surface area contributed by atoms with Crippen LogP contribution in [0.2, 0.25) is 0 Å². The number of aliphatic carboxylic acids is 1. The number of halogens is 1. The molecular formula is C13H18ClNO2. The molecule has 1 aliphatic heterocycles. The molecule has 0 radical (unpaired) electrons. The predicted molar refractivity (Wildman–Crippen MR) is 70.0 cm³/mol. The van der Waals surface area contributed by atoms with Crippen molar-refractivity contribution in [2.24, 2.45) is 0 Å². The average molecular weight is 256 g/mol. The minimum atomic E-state index is -0.723. The Bertz CT molecular complexity index is 414. The van der Waals surface area contributed by atoms with E-state index >= 15 is 0 Å². The van der Waals surface area contributed by atoms with Crippen LogP contribution >= 0.6 is 12.4 Å². The number of carboxylic acids is 1. The van der Waals surface area contributed by atoms with Crippen LogP contribution < -0.4 is 5.32 Å². The molecule has 0 spiro atoms. The lowest BCUT2D eigenvalue weighted by molar-refractivity contribution is -0.146. The van der Waals surface area contributed by atoms with Gasteiger partial charge in [-0.05, 0) is 17.0 Å². The summed E-state index contributed by atoms with van der Waals surface area (Å²) in [6.07, 6.45) is 0. The van der Waals surface area contributed by atoms with Gasteiger partial charge in [-0.3, -0.25) is 4.79 Å². The summed E-state index contributed by atoms with van der Waals surface area (Å²) in [5.74, 6) is -0.368. The third-order valence-electron chi connectivity index (χ3n) is 3.36. The summed E-state index contributed by atoms with van der Waals surface area (Å²) in [5.41, 5.74) is 1.41. The minimum absolute atomic E-state index is 0. The molecule has 1 saturated heterocycles. The second-order valence-corrected chi connectivity index (χ2v) is 4.73. The predicted octanol–water partition coefficient (Wildman–Crippen LogP) is 2.16. The van der Waals surface area contributed by atoms with Gasteiger partial charge < -0.3 is 10.4 Å². The van der Waals surface area contributed by atoms with Crippen molar-refractivity contribution in [2.45, 2.75) is 25.2 Å². The second kappa shape index (κ2) is 5.07. The van der Waals surface area contributed by atoms with Gasteiger partial charge in [0.1, 0.15) is 5.41 Å². The number of carboxylic acid groups (broad SMARTS) is 1. The van der Waals surface area contributed by atoms with Crippen LogP contribution in [-0.2, 0) is 10.2 Å². The number of carbonyl (C=O) groups is 1. The van der Waals surface area contributed by atoms with E-state index in [4.69, 9.17) is 0 Å². The lowest BCUT2D eigenvalue weighted by Crippen LogP contribution is -2.61. The van der Waals surface area contributed by atoms with Gasteiger partial charge in [-0.25, -0.2) is 0 Å². The number of nitrogens with one attached hydrogen (secondary N) is 1. The van der Waals surface area contributed by atoms with E-state index in [9.17, 15) is 9.90 Å². The molecule has 1 aliphatic rings. The summed E-state index contributed by atoms with van der Waals surface area (Å²) in [7, 11) is 0. The zero-order valence-corrected chi connectivity index (χ0v) is 10.9. The van der Waals surface area contributed by atoms with Gasteiger partial charge in [0.2, 0.25) is 0 Å². The van der Waals surface area contributed by atoms with Crippen molar-refractivity contribution in [3.05, 3.63) is 35.4 Å². The van der Waals surface area contributed by atoms with Gasteiger partial charge in [-0.1, -0.05) is 38.1 Å². The molecule has 3 nitrogen and oxygen atoms in total. The van der Waals surface area contributed by atoms with E-state index in [-0.39, 0.29) is 12.4 Å². The van der Waals surface area contributed by atoms with E-state index in [1.165, 1.54) is 0 Å². The monoisotopic (exact) mass is 255 g/mol. The van der Waals surface area contributed by atoms with Crippen LogP contribution in [0.3, 0.4) is 0 Å². The Morgan fingerprint density at radius 2 is 1.94 bits per heavy atom. The molecule has 0 amide bonds. The van der Waals surface area contributed by atoms with E-state index in [2.05, 4.69) is 19.2 Å². The van der Waals surface area contributed by atoms with Crippen LogP contribution in [0.5, 0.6) is 0 Å². The third kappa shape index (κ3) is 2.17. The maximum atomic E-state index is 11.4. The molecule has 0 aliphatic carbocycles. The normalized spacial score (nSPS) is 17.1. The van der Waals surface area contributed by atoms with Gasteiger partial charge >= 0.3 is 5.97 Å². The topological polar surface area (TPSA) is 49.3 Å². The lowest BCUT2D eigenvalue weighted by atomic mass is 9.72. The Morgan fingerprint density at radius 1 is 1.35 bits per heavy atom. The molecule has 94 valence electrons. The van der Waals surface area contributed by atoms with Crippen LogP contribution in [0.15, 0.2) is 24.3 Å². The highest BCUT2D eigenvalue weighted by Crippen LogP contribution is 2.34. The first-order chi connectivity index (χ1) is 7.58. The summed E-state index contributed by atoms with van der Waals surface area (Å²) < 4.78 is 0. The van der Waals surface area contributed by atoms with Gasteiger partial charge in [0.15, 0.2) is 0 Å². The van der Waals surface area contributed by atoms with Crippen LogP contribution in [0, 0.1) is 0 Å². The van der Waals surface area contributed by atoms with E-state index in [1.807, 2.05) is 24.3 Å². The standard InChI is InChI=1S/C13H17NO2.ClH/c1-9(2)10-5-3-4-6-11(10)13(12(15)16)7-14-8-13;/h3-6,9,14H,7-8H2,1-2H3,(H,15,16);1H. The molecule has 1 aromatic rings. The molecule has 0 unspecified atom stereocenters. The van der Waals surface area contributed by atoms with Crippen LogP contribution in [0.25, 0.3) is 0 Å². The molecule has 1 aromatic carbocycles. The molecule has 1 fully saturated rings. The quantitative estimate of drug-likeness (QED) is 0.870. The minimum Gasteiger partial charge on any atom is -0.481 e. The smallest absolute Gasteiger partial charge is 0.316 e. The van der Waals surface area contributed by atoms with Crippen molar-refractivity contribution in [3.8, 4) is 0 Å². The molecule has 4 heteroatoms. The number of hydrogen-bond acceptors (Lipinski definition) is 2. The van der Waals surface area contributed by atoms with Crippen LogP contribution in [0.4, 0.5) is 0 Å². The van der Waals surface area contributed by atoms with Gasteiger partial charge in [-0.15, -0.1) is 12.4 Å². The molecule has 0 saturated carbocycles. The number of hydrogen-bond donors (Lipinski definition) is 2. The van der Waals surface area contributed by atoms with Crippen molar-refractivity contribution in [2.75, 3.05) is 13.1 Å². The van der Waals surface area contributed by atoms with Gasteiger partial charge in [0, 0.05) is 13.1 Å². The van der Waals surface area contributed by atoms with Crippen molar-refractivity contribution in [1.82, 2.24) is 5.32 Å². The zero-order chi connectivity index (χ0) is 11.8. The summed E-state index contributed by atoms with van der Waals surface area (Å²) in [4.78, 5) is 11.4. The summed E-state index contributed by atoms with van der Waals surface area (Å²) in [6.45, 7) is 5.26. The number of benzene rings is 1. The van der Waals surface area contributed by atoms with Gasteiger partial charge in [-0.2, -0.15) is 0 Å². The Kier molecular flexibility index (Phi) is 4.17. The second-order valence-electron chi connectivity index (χ2n) is 4.73. The largest absolute Gasteiger partial charge is 0.481 e. The molecule has 17 heavy (non-hydrogen) atoms. The van der Waals surface area contributed by atoms with Gasteiger partial charge in [0.05, 0.1) is 0 Å². The summed E-state index contributed by atoms with van der Waals surface area (Å²) in [6, 6.07) is 7.87. The Morgan fingerprint density at radius 3 is 2.35 bits per heavy atom. The zero-order valence-electron chi connectivity index (χ0n) is 10.1.